The van der Waals surface area contributed by atoms with E-state index in [4.69, 9.17) is 15.0 Å². The van der Waals surface area contributed by atoms with Crippen molar-refractivity contribution in [3.05, 3.63) is 54.1 Å². The molecule has 2 aliphatic rings. The lowest BCUT2D eigenvalue weighted by atomic mass is 9.91. The quantitative estimate of drug-likeness (QED) is 0.719. The maximum atomic E-state index is 6.14. The van der Waals surface area contributed by atoms with Crippen molar-refractivity contribution >= 4 is 16.8 Å². The van der Waals surface area contributed by atoms with Crippen LogP contribution in [0.1, 0.15) is 18.4 Å². The molecule has 0 saturated carbocycles. The van der Waals surface area contributed by atoms with Crippen molar-refractivity contribution in [2.24, 2.45) is 11.7 Å². The molecule has 0 amide bonds. The Hall–Kier alpha value is -2.57. The predicted molar refractivity (Wildman–Crippen MR) is 114 cm³/mol. The van der Waals surface area contributed by atoms with Crippen LogP contribution in [0.25, 0.3) is 11.0 Å². The topological polar surface area (TPSA) is 67.8 Å². The first-order valence-electron chi connectivity index (χ1n) is 10.6. The molecule has 2 fully saturated rings. The molecular weight excluding hydrogens is 364 g/mol. The molecule has 29 heavy (non-hydrogen) atoms. The number of aromatic nitrogens is 1. The van der Waals surface area contributed by atoms with Gasteiger partial charge < -0.3 is 19.9 Å². The summed E-state index contributed by atoms with van der Waals surface area (Å²) in [7, 11) is 0. The summed E-state index contributed by atoms with van der Waals surface area (Å²) in [5.41, 5.74) is 7.77. The highest BCUT2D eigenvalue weighted by atomic mass is 16.5. The van der Waals surface area contributed by atoms with Crippen molar-refractivity contribution in [3.63, 3.8) is 0 Å². The van der Waals surface area contributed by atoms with E-state index in [1.807, 2.05) is 42.5 Å². The number of hydrogen-bond donors (Lipinski definition) is 1. The number of rotatable bonds is 5. The molecule has 0 radical (unpaired) electrons. The van der Waals surface area contributed by atoms with Gasteiger partial charge in [-0.25, -0.2) is 0 Å². The van der Waals surface area contributed by atoms with Gasteiger partial charge in [0, 0.05) is 50.2 Å². The number of hydrogen-bond acceptors (Lipinski definition) is 6. The Kier molecular flexibility index (Phi) is 5.12. The van der Waals surface area contributed by atoms with Gasteiger partial charge in [0.05, 0.1) is 12.0 Å². The number of benzene rings is 2. The van der Waals surface area contributed by atoms with Crippen LogP contribution < -0.4 is 15.4 Å². The molecule has 2 saturated heterocycles. The van der Waals surface area contributed by atoms with Crippen LogP contribution in [0.5, 0.6) is 5.75 Å². The smallest absolute Gasteiger partial charge is 0.180 e. The molecule has 2 N–H and O–H groups in total. The van der Waals surface area contributed by atoms with Gasteiger partial charge in [0.2, 0.25) is 0 Å². The van der Waals surface area contributed by atoms with E-state index in [0.717, 1.165) is 60.9 Å². The molecule has 152 valence electrons. The summed E-state index contributed by atoms with van der Waals surface area (Å²) in [6.07, 6.45) is 2.39. The van der Waals surface area contributed by atoms with E-state index in [0.29, 0.717) is 18.5 Å². The SMILES string of the molecule is NCc1ccccc1OC[C@H]1CC[C@H]2CN(c3noc4ccccc34)CCN2C1. The highest BCUT2D eigenvalue weighted by Crippen LogP contribution is 2.31. The normalized spacial score (nSPS) is 22.6. The van der Waals surface area contributed by atoms with Gasteiger partial charge in [-0.3, -0.25) is 4.90 Å². The van der Waals surface area contributed by atoms with Crippen molar-refractivity contribution < 1.29 is 9.26 Å². The average molecular weight is 393 g/mol. The molecule has 3 aromatic rings. The molecular formula is C23H28N4O2. The summed E-state index contributed by atoms with van der Waals surface area (Å²) < 4.78 is 11.7. The molecule has 0 unspecified atom stereocenters. The molecule has 1 aromatic heterocycles. The van der Waals surface area contributed by atoms with Crippen molar-refractivity contribution in [2.45, 2.75) is 25.4 Å². The van der Waals surface area contributed by atoms with E-state index < -0.39 is 0 Å². The van der Waals surface area contributed by atoms with Crippen molar-refractivity contribution in [2.75, 3.05) is 37.7 Å². The minimum Gasteiger partial charge on any atom is -0.493 e. The Labute approximate surface area is 171 Å². The van der Waals surface area contributed by atoms with Gasteiger partial charge in [0.15, 0.2) is 11.4 Å². The zero-order valence-corrected chi connectivity index (χ0v) is 16.7. The molecule has 3 heterocycles. The third-order valence-electron chi connectivity index (χ3n) is 6.33. The molecule has 0 aliphatic carbocycles. The summed E-state index contributed by atoms with van der Waals surface area (Å²) in [5.74, 6) is 2.49. The van der Waals surface area contributed by atoms with Gasteiger partial charge in [-0.1, -0.05) is 35.5 Å². The van der Waals surface area contributed by atoms with E-state index in [9.17, 15) is 0 Å². The first kappa shape index (κ1) is 18.5. The lowest BCUT2D eigenvalue weighted by Crippen LogP contribution is -2.57. The minimum atomic E-state index is 0.515. The van der Waals surface area contributed by atoms with Crippen LogP contribution in [-0.4, -0.2) is 48.9 Å². The van der Waals surface area contributed by atoms with Crippen LogP contribution in [0.2, 0.25) is 0 Å². The van der Waals surface area contributed by atoms with Crippen LogP contribution in [0, 0.1) is 5.92 Å². The number of piperidine rings is 1. The molecule has 2 aromatic carbocycles. The Morgan fingerprint density at radius 1 is 1.03 bits per heavy atom. The van der Waals surface area contributed by atoms with Crippen molar-refractivity contribution in [1.82, 2.24) is 10.1 Å². The number of nitrogens with two attached hydrogens (primary N) is 1. The molecule has 2 aliphatic heterocycles. The van der Waals surface area contributed by atoms with Gasteiger partial charge in [0.25, 0.3) is 0 Å². The minimum absolute atomic E-state index is 0.515. The Morgan fingerprint density at radius 3 is 2.83 bits per heavy atom. The number of fused-ring (bicyclic) bond motifs is 2. The maximum Gasteiger partial charge on any atom is 0.180 e. The van der Waals surface area contributed by atoms with Crippen LogP contribution in [-0.2, 0) is 6.54 Å². The fourth-order valence-electron chi connectivity index (χ4n) is 4.71. The fraction of sp³-hybridized carbons (Fsp3) is 0.435. The molecule has 5 rings (SSSR count). The molecule has 0 spiro atoms. The third kappa shape index (κ3) is 3.70. The largest absolute Gasteiger partial charge is 0.493 e. The first-order valence-corrected chi connectivity index (χ1v) is 10.6. The Morgan fingerprint density at radius 2 is 1.90 bits per heavy atom. The summed E-state index contributed by atoms with van der Waals surface area (Å²) in [5, 5.41) is 5.47. The van der Waals surface area contributed by atoms with E-state index in [1.165, 1.54) is 12.8 Å². The second-order valence-corrected chi connectivity index (χ2v) is 8.16. The summed E-state index contributed by atoms with van der Waals surface area (Å²) in [6.45, 7) is 5.43. The first-order chi connectivity index (χ1) is 14.3. The van der Waals surface area contributed by atoms with Crippen LogP contribution in [0.4, 0.5) is 5.82 Å². The zero-order chi connectivity index (χ0) is 19.6. The lowest BCUT2D eigenvalue weighted by Gasteiger charge is -2.46. The van der Waals surface area contributed by atoms with Gasteiger partial charge in [-0.2, -0.15) is 0 Å². The number of ether oxygens (including phenoxy) is 1. The van der Waals surface area contributed by atoms with E-state index in [1.54, 1.807) is 0 Å². The van der Waals surface area contributed by atoms with E-state index in [2.05, 4.69) is 21.0 Å². The number of nitrogens with zero attached hydrogens (tertiary/aromatic N) is 3. The Balaban J connectivity index is 1.19. The van der Waals surface area contributed by atoms with Gasteiger partial charge in [0.1, 0.15) is 5.75 Å². The van der Waals surface area contributed by atoms with Gasteiger partial charge in [-0.15, -0.1) is 0 Å². The second-order valence-electron chi connectivity index (χ2n) is 8.16. The van der Waals surface area contributed by atoms with Crippen LogP contribution >= 0.6 is 0 Å². The average Bonchev–Trinajstić information content (AvgIpc) is 3.21. The maximum absolute atomic E-state index is 6.14. The van der Waals surface area contributed by atoms with Gasteiger partial charge in [-0.05, 0) is 31.0 Å². The molecule has 6 heteroatoms. The predicted octanol–water partition coefficient (Wildman–Crippen LogP) is 3.27. The van der Waals surface area contributed by atoms with Crippen molar-refractivity contribution in [3.8, 4) is 5.75 Å². The molecule has 2 atom stereocenters. The number of para-hydroxylation sites is 2. The zero-order valence-electron chi connectivity index (χ0n) is 16.7. The summed E-state index contributed by atoms with van der Waals surface area (Å²) in [4.78, 5) is 5.02. The van der Waals surface area contributed by atoms with Crippen LogP contribution in [0.15, 0.2) is 53.1 Å². The van der Waals surface area contributed by atoms with Crippen molar-refractivity contribution in [1.29, 1.82) is 0 Å². The highest BCUT2D eigenvalue weighted by Gasteiger charge is 2.34. The monoisotopic (exact) mass is 392 g/mol. The fourth-order valence-corrected chi connectivity index (χ4v) is 4.71. The van der Waals surface area contributed by atoms with Gasteiger partial charge >= 0.3 is 0 Å². The number of anilines is 1. The van der Waals surface area contributed by atoms with Crippen LogP contribution in [0.3, 0.4) is 0 Å². The standard InChI is InChI=1S/C23H28N4O2/c24-13-18-5-1-3-7-21(18)28-16-17-9-10-19-15-27(12-11-26(19)14-17)23-20-6-2-4-8-22(20)29-25-23/h1-8,17,19H,9-16,24H2/t17-,19-/m0/s1. The summed E-state index contributed by atoms with van der Waals surface area (Å²) >= 11 is 0. The summed E-state index contributed by atoms with van der Waals surface area (Å²) in [6, 6.07) is 16.8. The lowest BCUT2D eigenvalue weighted by molar-refractivity contribution is 0.0725. The van der Waals surface area contributed by atoms with E-state index >= 15 is 0 Å². The van der Waals surface area contributed by atoms with E-state index in [-0.39, 0.29) is 0 Å². The third-order valence-corrected chi connectivity index (χ3v) is 6.33. The highest BCUT2D eigenvalue weighted by molar-refractivity contribution is 5.88. The second kappa shape index (κ2) is 8.05. The Bertz CT molecular complexity index is 972. The number of piperazine rings is 1. The molecule has 6 nitrogen and oxygen atoms in total. The molecule has 0 bridgehead atoms.